The van der Waals surface area contributed by atoms with Gasteiger partial charge in [-0.2, -0.15) is 0 Å². The molecule has 4 N–H and O–H groups in total. The fourth-order valence-corrected chi connectivity index (χ4v) is 1.80. The molecule has 0 aromatic heterocycles. The molecule has 0 spiro atoms. The SMILES string of the molecule is CCC(C)(CN)C(N)(CC)CC. The van der Waals surface area contributed by atoms with E-state index in [1.807, 2.05) is 0 Å². The Kier molecular flexibility index (Phi) is 4.21. The minimum Gasteiger partial charge on any atom is -0.330 e. The summed E-state index contributed by atoms with van der Waals surface area (Å²) < 4.78 is 0. The van der Waals surface area contributed by atoms with Crippen LogP contribution < -0.4 is 11.5 Å². The average Bonchev–Trinajstić information content (AvgIpc) is 2.15. The molecule has 2 heteroatoms. The first kappa shape index (κ1) is 11.9. The fraction of sp³-hybridized carbons (Fsp3) is 1.00. The van der Waals surface area contributed by atoms with Gasteiger partial charge >= 0.3 is 0 Å². The van der Waals surface area contributed by atoms with Crippen molar-refractivity contribution in [1.29, 1.82) is 0 Å². The molecule has 0 aliphatic rings. The molecule has 0 radical (unpaired) electrons. The molecule has 74 valence electrons. The first-order valence-corrected chi connectivity index (χ1v) is 4.98. The molecule has 0 aliphatic carbocycles. The van der Waals surface area contributed by atoms with E-state index in [0.717, 1.165) is 19.3 Å². The second-order valence-electron chi connectivity index (χ2n) is 3.98. The fourth-order valence-electron chi connectivity index (χ4n) is 1.80. The molecule has 0 aliphatic heterocycles. The van der Waals surface area contributed by atoms with Crippen LogP contribution in [0, 0.1) is 5.41 Å². The highest BCUT2D eigenvalue weighted by atomic mass is 14.8. The lowest BCUT2D eigenvalue weighted by atomic mass is 9.66. The summed E-state index contributed by atoms with van der Waals surface area (Å²) >= 11 is 0. The predicted octanol–water partition coefficient (Wildman–Crippen LogP) is 1.88. The first-order chi connectivity index (χ1) is 5.49. The van der Waals surface area contributed by atoms with Crippen LogP contribution in [0.4, 0.5) is 0 Å². The van der Waals surface area contributed by atoms with Crippen LogP contribution in [0.1, 0.15) is 47.0 Å². The van der Waals surface area contributed by atoms with Crippen molar-refractivity contribution in [3.8, 4) is 0 Å². The zero-order valence-corrected chi connectivity index (χ0v) is 8.98. The predicted molar refractivity (Wildman–Crippen MR) is 55.0 cm³/mol. The molecule has 0 amide bonds. The van der Waals surface area contributed by atoms with Crippen molar-refractivity contribution < 1.29 is 0 Å². The topological polar surface area (TPSA) is 52.0 Å². The Balaban J connectivity index is 4.66. The highest BCUT2D eigenvalue weighted by Gasteiger charge is 2.39. The lowest BCUT2D eigenvalue weighted by Gasteiger charge is -2.44. The van der Waals surface area contributed by atoms with E-state index in [9.17, 15) is 0 Å². The monoisotopic (exact) mass is 172 g/mol. The Bertz CT molecular complexity index is 108. The highest BCUT2D eigenvalue weighted by molar-refractivity contribution is 4.98. The first-order valence-electron chi connectivity index (χ1n) is 4.98. The quantitative estimate of drug-likeness (QED) is 0.665. The van der Waals surface area contributed by atoms with Crippen LogP contribution >= 0.6 is 0 Å². The summed E-state index contributed by atoms with van der Waals surface area (Å²) in [6, 6.07) is 0. The van der Waals surface area contributed by atoms with Crippen molar-refractivity contribution in [1.82, 2.24) is 0 Å². The Morgan fingerprint density at radius 1 is 1.00 bits per heavy atom. The van der Waals surface area contributed by atoms with Crippen molar-refractivity contribution >= 4 is 0 Å². The second-order valence-corrected chi connectivity index (χ2v) is 3.98. The van der Waals surface area contributed by atoms with Gasteiger partial charge in [-0.3, -0.25) is 0 Å². The summed E-state index contributed by atoms with van der Waals surface area (Å²) in [5.74, 6) is 0. The number of nitrogens with two attached hydrogens (primary N) is 2. The highest BCUT2D eigenvalue weighted by Crippen LogP contribution is 2.36. The van der Waals surface area contributed by atoms with E-state index in [2.05, 4.69) is 27.7 Å². The zero-order valence-electron chi connectivity index (χ0n) is 8.98. The molecule has 1 unspecified atom stereocenters. The summed E-state index contributed by atoms with van der Waals surface area (Å²) in [5, 5.41) is 0. The van der Waals surface area contributed by atoms with E-state index in [1.165, 1.54) is 0 Å². The summed E-state index contributed by atoms with van der Waals surface area (Å²) in [5.41, 5.74) is 12.1. The summed E-state index contributed by atoms with van der Waals surface area (Å²) in [6.45, 7) is 9.33. The minimum absolute atomic E-state index is 0.0868. The zero-order chi connectivity index (χ0) is 9.83. The van der Waals surface area contributed by atoms with Gasteiger partial charge in [0.2, 0.25) is 0 Å². The van der Waals surface area contributed by atoms with E-state index in [4.69, 9.17) is 11.5 Å². The number of rotatable bonds is 5. The van der Waals surface area contributed by atoms with Gasteiger partial charge in [0.1, 0.15) is 0 Å². The third kappa shape index (κ3) is 1.80. The van der Waals surface area contributed by atoms with E-state index < -0.39 is 0 Å². The van der Waals surface area contributed by atoms with Crippen molar-refractivity contribution in [2.45, 2.75) is 52.5 Å². The van der Waals surface area contributed by atoms with Gasteiger partial charge in [0.25, 0.3) is 0 Å². The molecule has 0 aromatic carbocycles. The molecule has 1 atom stereocenters. The van der Waals surface area contributed by atoms with Gasteiger partial charge in [-0.1, -0.05) is 27.7 Å². The lowest BCUT2D eigenvalue weighted by molar-refractivity contribution is 0.132. The molecule has 0 bridgehead atoms. The van der Waals surface area contributed by atoms with Gasteiger partial charge in [0.05, 0.1) is 0 Å². The average molecular weight is 172 g/mol. The Labute approximate surface area is 76.7 Å². The van der Waals surface area contributed by atoms with Crippen LogP contribution in [0.15, 0.2) is 0 Å². The smallest absolute Gasteiger partial charge is 0.0215 e. The largest absolute Gasteiger partial charge is 0.330 e. The normalized spacial score (nSPS) is 17.5. The van der Waals surface area contributed by atoms with E-state index >= 15 is 0 Å². The number of hydrogen-bond acceptors (Lipinski definition) is 2. The summed E-state index contributed by atoms with van der Waals surface area (Å²) in [4.78, 5) is 0. The maximum absolute atomic E-state index is 6.32. The molecule has 2 nitrogen and oxygen atoms in total. The molecule has 0 aromatic rings. The van der Waals surface area contributed by atoms with Crippen LogP contribution in [0.3, 0.4) is 0 Å². The van der Waals surface area contributed by atoms with Gasteiger partial charge in [-0.15, -0.1) is 0 Å². The summed E-state index contributed by atoms with van der Waals surface area (Å²) in [7, 11) is 0. The molecular weight excluding hydrogens is 148 g/mol. The van der Waals surface area contributed by atoms with Crippen molar-refractivity contribution in [3.63, 3.8) is 0 Å². The van der Waals surface area contributed by atoms with Gasteiger partial charge in [-0.25, -0.2) is 0 Å². The minimum atomic E-state index is -0.0868. The molecule has 0 rings (SSSR count). The molecule has 0 saturated carbocycles. The molecule has 0 fully saturated rings. The van der Waals surface area contributed by atoms with Crippen molar-refractivity contribution in [2.75, 3.05) is 6.54 Å². The Morgan fingerprint density at radius 3 is 1.50 bits per heavy atom. The number of hydrogen-bond donors (Lipinski definition) is 2. The van der Waals surface area contributed by atoms with Gasteiger partial charge in [0.15, 0.2) is 0 Å². The molecular formula is C10H24N2. The van der Waals surface area contributed by atoms with Gasteiger partial charge < -0.3 is 11.5 Å². The molecule has 12 heavy (non-hydrogen) atoms. The van der Waals surface area contributed by atoms with Gasteiger partial charge in [-0.05, 0) is 31.2 Å². The Morgan fingerprint density at radius 2 is 1.42 bits per heavy atom. The summed E-state index contributed by atoms with van der Waals surface area (Å²) in [6.07, 6.45) is 3.07. The maximum Gasteiger partial charge on any atom is 0.0215 e. The van der Waals surface area contributed by atoms with E-state index in [0.29, 0.717) is 6.54 Å². The van der Waals surface area contributed by atoms with E-state index in [-0.39, 0.29) is 11.0 Å². The van der Waals surface area contributed by atoms with Crippen LogP contribution in [0.2, 0.25) is 0 Å². The van der Waals surface area contributed by atoms with Crippen LogP contribution in [-0.4, -0.2) is 12.1 Å². The molecule has 0 saturated heterocycles. The van der Waals surface area contributed by atoms with Crippen molar-refractivity contribution in [2.24, 2.45) is 16.9 Å². The molecule has 0 heterocycles. The third-order valence-electron chi connectivity index (χ3n) is 3.69. The maximum atomic E-state index is 6.32. The second kappa shape index (κ2) is 4.24. The third-order valence-corrected chi connectivity index (χ3v) is 3.69. The standard InChI is InChI=1S/C10H24N2/c1-5-9(4,8-11)10(12,6-2)7-3/h5-8,11-12H2,1-4H3. The lowest BCUT2D eigenvalue weighted by Crippen LogP contribution is -2.56. The Hall–Kier alpha value is -0.0800. The van der Waals surface area contributed by atoms with Crippen LogP contribution in [0.5, 0.6) is 0 Å². The van der Waals surface area contributed by atoms with Crippen LogP contribution in [-0.2, 0) is 0 Å². The van der Waals surface area contributed by atoms with Gasteiger partial charge in [0, 0.05) is 5.54 Å². The van der Waals surface area contributed by atoms with Crippen molar-refractivity contribution in [3.05, 3.63) is 0 Å². The van der Waals surface area contributed by atoms with E-state index in [1.54, 1.807) is 0 Å². The van der Waals surface area contributed by atoms with Crippen LogP contribution in [0.25, 0.3) is 0 Å².